The lowest BCUT2D eigenvalue weighted by atomic mass is 10.1. The number of nitrogens with zero attached hydrogens (tertiary/aromatic N) is 5. The first-order valence-corrected chi connectivity index (χ1v) is 9.82. The molecule has 29 heavy (non-hydrogen) atoms. The molecule has 1 N–H and O–H groups in total. The average Bonchev–Trinajstić information content (AvgIpc) is 3.23. The van der Waals surface area contributed by atoms with Crippen molar-refractivity contribution in [3.05, 3.63) is 76.9 Å². The van der Waals surface area contributed by atoms with E-state index in [1.54, 1.807) is 37.1 Å². The molecule has 0 fully saturated rings. The lowest BCUT2D eigenvalue weighted by Crippen LogP contribution is -2.22. The van der Waals surface area contributed by atoms with E-state index in [0.29, 0.717) is 22.3 Å². The second-order valence-electron chi connectivity index (χ2n) is 6.48. The maximum absolute atomic E-state index is 12.5. The highest BCUT2D eigenvalue weighted by Gasteiger charge is 2.13. The van der Waals surface area contributed by atoms with Crippen LogP contribution in [0.15, 0.2) is 55.2 Å². The van der Waals surface area contributed by atoms with Gasteiger partial charge in [0.1, 0.15) is 4.88 Å². The second kappa shape index (κ2) is 8.24. The van der Waals surface area contributed by atoms with E-state index in [1.807, 2.05) is 32.0 Å². The Balaban J connectivity index is 1.43. The van der Waals surface area contributed by atoms with E-state index in [9.17, 15) is 4.79 Å². The van der Waals surface area contributed by atoms with Crippen LogP contribution in [-0.4, -0.2) is 30.8 Å². The molecule has 4 aromatic heterocycles. The third kappa shape index (κ3) is 4.33. The Morgan fingerprint density at radius 1 is 1.00 bits per heavy atom. The van der Waals surface area contributed by atoms with Crippen LogP contribution in [0.2, 0.25) is 0 Å². The van der Waals surface area contributed by atoms with Gasteiger partial charge in [0.2, 0.25) is 0 Å². The fourth-order valence-corrected chi connectivity index (χ4v) is 3.67. The van der Waals surface area contributed by atoms with E-state index < -0.39 is 0 Å². The molecule has 0 radical (unpaired) electrons. The van der Waals surface area contributed by atoms with E-state index in [-0.39, 0.29) is 5.91 Å². The molecule has 0 atom stereocenters. The number of thiazole rings is 1. The van der Waals surface area contributed by atoms with Crippen molar-refractivity contribution in [2.24, 2.45) is 0 Å². The summed E-state index contributed by atoms with van der Waals surface area (Å²) < 4.78 is 0. The van der Waals surface area contributed by atoms with Gasteiger partial charge >= 0.3 is 0 Å². The van der Waals surface area contributed by atoms with Crippen molar-refractivity contribution >= 4 is 17.2 Å². The molecule has 0 saturated heterocycles. The van der Waals surface area contributed by atoms with Crippen LogP contribution in [0.5, 0.6) is 0 Å². The van der Waals surface area contributed by atoms with E-state index >= 15 is 0 Å². The Morgan fingerprint density at radius 3 is 2.59 bits per heavy atom. The summed E-state index contributed by atoms with van der Waals surface area (Å²) in [4.78, 5) is 34.3. The molecule has 4 heterocycles. The number of nitrogens with one attached hydrogen (secondary N) is 1. The molecule has 144 valence electrons. The highest BCUT2D eigenvalue weighted by Crippen LogP contribution is 2.23. The fraction of sp³-hybridized carbons (Fsp3) is 0.143. The summed E-state index contributed by atoms with van der Waals surface area (Å²) in [5.41, 5.74) is 4.88. The number of amides is 1. The Bertz CT molecular complexity index is 1160. The van der Waals surface area contributed by atoms with Crippen LogP contribution in [0.25, 0.3) is 22.1 Å². The number of aryl methyl sites for hydroxylation is 2. The van der Waals surface area contributed by atoms with Crippen LogP contribution >= 0.6 is 11.3 Å². The highest BCUT2D eigenvalue weighted by atomic mass is 32.1. The molecule has 0 aliphatic carbocycles. The summed E-state index contributed by atoms with van der Waals surface area (Å²) in [6, 6.07) is 7.73. The third-order valence-electron chi connectivity index (χ3n) is 4.24. The standard InChI is InChI=1S/C21H18N6OS/c1-13-8-15(10-25-18(13)16-4-7-22-14(2)9-16)11-26-20(28)17-12-27-21(29-17)19-23-5-3-6-24-19/h3-10,12H,11H2,1-2H3,(H,26,28). The molecule has 0 aromatic carbocycles. The molecule has 4 rings (SSSR count). The predicted octanol–water partition coefficient (Wildman–Crippen LogP) is 3.60. The van der Waals surface area contributed by atoms with E-state index in [2.05, 4.69) is 30.2 Å². The van der Waals surface area contributed by atoms with Crippen LogP contribution in [-0.2, 0) is 6.54 Å². The minimum Gasteiger partial charge on any atom is -0.347 e. The molecule has 1 amide bonds. The van der Waals surface area contributed by atoms with E-state index in [4.69, 9.17) is 0 Å². The first-order chi connectivity index (χ1) is 14.1. The smallest absolute Gasteiger partial charge is 0.263 e. The molecule has 7 nitrogen and oxygen atoms in total. The Morgan fingerprint density at radius 2 is 1.83 bits per heavy atom. The SMILES string of the molecule is Cc1cc(-c2ncc(CNC(=O)c3cnc(-c4ncccn4)s3)cc2C)ccn1. The minimum absolute atomic E-state index is 0.184. The highest BCUT2D eigenvalue weighted by molar-refractivity contribution is 7.16. The largest absolute Gasteiger partial charge is 0.347 e. The Labute approximate surface area is 172 Å². The molecule has 0 saturated carbocycles. The average molecular weight is 402 g/mol. The van der Waals surface area contributed by atoms with Crippen molar-refractivity contribution in [2.75, 3.05) is 0 Å². The van der Waals surface area contributed by atoms with Gasteiger partial charge in [0.25, 0.3) is 5.91 Å². The summed E-state index contributed by atoms with van der Waals surface area (Å²) in [7, 11) is 0. The Hall–Kier alpha value is -3.52. The van der Waals surface area contributed by atoms with Crippen molar-refractivity contribution in [3.63, 3.8) is 0 Å². The number of hydrogen-bond acceptors (Lipinski definition) is 7. The summed E-state index contributed by atoms with van der Waals surface area (Å²) in [6.45, 7) is 4.35. The monoisotopic (exact) mass is 402 g/mol. The van der Waals surface area contributed by atoms with E-state index in [1.165, 1.54) is 11.3 Å². The molecule has 0 bridgehead atoms. The van der Waals surface area contributed by atoms with Crippen molar-refractivity contribution in [1.82, 2.24) is 30.2 Å². The molecule has 0 spiro atoms. The molecule has 0 aliphatic heterocycles. The van der Waals surface area contributed by atoms with Crippen molar-refractivity contribution in [3.8, 4) is 22.1 Å². The fourth-order valence-electron chi connectivity index (χ4n) is 2.89. The maximum atomic E-state index is 12.5. The van der Waals surface area contributed by atoms with Gasteiger partial charge in [-0.3, -0.25) is 14.8 Å². The zero-order chi connectivity index (χ0) is 20.2. The van der Waals surface area contributed by atoms with Gasteiger partial charge in [-0.05, 0) is 43.2 Å². The lowest BCUT2D eigenvalue weighted by Gasteiger charge is -2.09. The number of aromatic nitrogens is 5. The summed E-state index contributed by atoms with van der Waals surface area (Å²) >= 11 is 1.26. The lowest BCUT2D eigenvalue weighted by molar-refractivity contribution is 0.0954. The van der Waals surface area contributed by atoms with Gasteiger partial charge in [-0.2, -0.15) is 0 Å². The van der Waals surface area contributed by atoms with Crippen LogP contribution < -0.4 is 5.32 Å². The van der Waals surface area contributed by atoms with Gasteiger partial charge in [0.05, 0.1) is 11.9 Å². The van der Waals surface area contributed by atoms with Gasteiger partial charge in [-0.15, -0.1) is 11.3 Å². The number of hydrogen-bond donors (Lipinski definition) is 1. The minimum atomic E-state index is -0.184. The van der Waals surface area contributed by atoms with Crippen LogP contribution in [0, 0.1) is 13.8 Å². The number of carbonyl (C=O) groups is 1. The molecule has 0 unspecified atom stereocenters. The van der Waals surface area contributed by atoms with Crippen molar-refractivity contribution < 1.29 is 4.79 Å². The molecular formula is C21H18N6OS. The maximum Gasteiger partial charge on any atom is 0.263 e. The Kier molecular flexibility index (Phi) is 5.35. The molecule has 0 aliphatic rings. The van der Waals surface area contributed by atoms with Gasteiger partial charge < -0.3 is 5.32 Å². The zero-order valence-corrected chi connectivity index (χ0v) is 16.8. The summed E-state index contributed by atoms with van der Waals surface area (Å²) in [5, 5.41) is 3.53. The quantitative estimate of drug-likeness (QED) is 0.548. The summed E-state index contributed by atoms with van der Waals surface area (Å²) in [6.07, 6.45) is 8.41. The van der Waals surface area contributed by atoms with Crippen molar-refractivity contribution in [1.29, 1.82) is 0 Å². The van der Waals surface area contributed by atoms with Crippen LogP contribution in [0.1, 0.15) is 26.5 Å². The number of rotatable bonds is 5. The third-order valence-corrected chi connectivity index (χ3v) is 5.24. The van der Waals surface area contributed by atoms with Crippen LogP contribution in [0.4, 0.5) is 0 Å². The van der Waals surface area contributed by atoms with Gasteiger partial charge in [-0.1, -0.05) is 6.07 Å². The topological polar surface area (TPSA) is 93.6 Å². The van der Waals surface area contributed by atoms with E-state index in [0.717, 1.165) is 28.1 Å². The normalized spacial score (nSPS) is 10.7. The predicted molar refractivity (Wildman–Crippen MR) is 111 cm³/mol. The second-order valence-corrected chi connectivity index (χ2v) is 7.51. The summed E-state index contributed by atoms with van der Waals surface area (Å²) in [5.74, 6) is 0.328. The number of pyridine rings is 2. The van der Waals surface area contributed by atoms with Gasteiger partial charge in [0, 0.05) is 42.6 Å². The molecule has 8 heteroatoms. The van der Waals surface area contributed by atoms with Crippen LogP contribution in [0.3, 0.4) is 0 Å². The first kappa shape index (κ1) is 18.8. The zero-order valence-electron chi connectivity index (χ0n) is 16.0. The van der Waals surface area contributed by atoms with Crippen molar-refractivity contribution in [2.45, 2.75) is 20.4 Å². The molecule has 4 aromatic rings. The number of carbonyl (C=O) groups excluding carboxylic acids is 1. The van der Waals surface area contributed by atoms with Gasteiger partial charge in [-0.25, -0.2) is 15.0 Å². The van der Waals surface area contributed by atoms with Gasteiger partial charge in [0.15, 0.2) is 10.8 Å². The first-order valence-electron chi connectivity index (χ1n) is 9.00. The molecular weight excluding hydrogens is 384 g/mol.